The molecule has 8 heteroatoms. The van der Waals surface area contributed by atoms with Gasteiger partial charge in [-0.3, -0.25) is 10.1 Å². The standard InChI is InChI=1S/C15H20N6O2/c1-11-8-15(23-20-11)18-14(22)9-16-12-4-3-7-21(10-12)13-5-2-6-17-19-13/h2,5-6,8,12,16H,3-4,7,9-10H2,1H3,(H,18,22)/t12-/m1/s1. The molecule has 0 radical (unpaired) electrons. The molecule has 0 aromatic carbocycles. The van der Waals surface area contributed by atoms with Crippen LogP contribution in [0.4, 0.5) is 11.7 Å². The maximum atomic E-state index is 11.9. The van der Waals surface area contributed by atoms with Crippen LogP contribution in [-0.4, -0.2) is 46.9 Å². The molecule has 1 amide bonds. The molecule has 8 nitrogen and oxygen atoms in total. The normalized spacial score (nSPS) is 18.0. The van der Waals surface area contributed by atoms with Gasteiger partial charge in [-0.05, 0) is 31.9 Å². The Kier molecular flexibility index (Phi) is 4.82. The number of amides is 1. The van der Waals surface area contributed by atoms with Crippen LogP contribution in [-0.2, 0) is 4.79 Å². The van der Waals surface area contributed by atoms with Crippen molar-refractivity contribution in [1.82, 2.24) is 20.7 Å². The number of hydrogen-bond donors (Lipinski definition) is 2. The van der Waals surface area contributed by atoms with Gasteiger partial charge in [0.15, 0.2) is 5.82 Å². The van der Waals surface area contributed by atoms with E-state index in [2.05, 4.69) is 30.9 Å². The Morgan fingerprint density at radius 3 is 3.17 bits per heavy atom. The first-order chi connectivity index (χ1) is 11.2. The molecule has 1 aliphatic heterocycles. The molecular weight excluding hydrogens is 296 g/mol. The molecule has 1 fully saturated rings. The molecule has 0 bridgehead atoms. The van der Waals surface area contributed by atoms with Gasteiger partial charge in [-0.2, -0.15) is 5.10 Å². The van der Waals surface area contributed by atoms with E-state index in [0.717, 1.165) is 37.4 Å². The minimum absolute atomic E-state index is 0.141. The number of nitrogens with zero attached hydrogens (tertiary/aromatic N) is 4. The summed E-state index contributed by atoms with van der Waals surface area (Å²) in [6.45, 7) is 3.81. The second-order valence-electron chi connectivity index (χ2n) is 5.63. The number of nitrogens with one attached hydrogen (secondary N) is 2. The zero-order valence-electron chi connectivity index (χ0n) is 13.0. The zero-order chi connectivity index (χ0) is 16.1. The highest BCUT2D eigenvalue weighted by Crippen LogP contribution is 2.16. The minimum Gasteiger partial charge on any atom is -0.354 e. The fourth-order valence-corrected chi connectivity index (χ4v) is 2.66. The summed E-state index contributed by atoms with van der Waals surface area (Å²) in [6, 6.07) is 5.77. The van der Waals surface area contributed by atoms with Gasteiger partial charge in [0.2, 0.25) is 11.8 Å². The maximum absolute atomic E-state index is 11.9. The smallest absolute Gasteiger partial charge is 0.240 e. The van der Waals surface area contributed by atoms with Crippen molar-refractivity contribution in [3.63, 3.8) is 0 Å². The first-order valence-corrected chi connectivity index (χ1v) is 7.70. The molecule has 1 atom stereocenters. The van der Waals surface area contributed by atoms with E-state index in [9.17, 15) is 4.79 Å². The topological polar surface area (TPSA) is 96.2 Å². The molecule has 122 valence electrons. The average molecular weight is 316 g/mol. The average Bonchev–Trinajstić information content (AvgIpc) is 2.99. The number of piperidine rings is 1. The van der Waals surface area contributed by atoms with Crippen LogP contribution in [0.3, 0.4) is 0 Å². The Bertz CT molecular complexity index is 644. The van der Waals surface area contributed by atoms with Crippen LogP contribution in [0.5, 0.6) is 0 Å². The Labute approximate surface area is 134 Å². The van der Waals surface area contributed by atoms with Gasteiger partial charge in [0.25, 0.3) is 0 Å². The van der Waals surface area contributed by atoms with E-state index in [-0.39, 0.29) is 18.5 Å². The quantitative estimate of drug-likeness (QED) is 0.848. The van der Waals surface area contributed by atoms with Crippen molar-refractivity contribution in [2.24, 2.45) is 0 Å². The van der Waals surface area contributed by atoms with Crippen LogP contribution in [0.1, 0.15) is 18.5 Å². The summed E-state index contributed by atoms with van der Waals surface area (Å²) < 4.78 is 4.97. The van der Waals surface area contributed by atoms with Crippen molar-refractivity contribution in [3.05, 3.63) is 30.1 Å². The van der Waals surface area contributed by atoms with E-state index in [1.165, 1.54) is 0 Å². The van der Waals surface area contributed by atoms with Gasteiger partial charge >= 0.3 is 0 Å². The predicted molar refractivity (Wildman–Crippen MR) is 85.1 cm³/mol. The minimum atomic E-state index is -0.141. The number of carbonyl (C=O) groups is 1. The Balaban J connectivity index is 1.47. The van der Waals surface area contributed by atoms with Gasteiger partial charge in [0.05, 0.1) is 12.2 Å². The van der Waals surface area contributed by atoms with Crippen LogP contribution in [0.25, 0.3) is 0 Å². The molecule has 23 heavy (non-hydrogen) atoms. The number of carbonyl (C=O) groups excluding carboxylic acids is 1. The van der Waals surface area contributed by atoms with Gasteiger partial charge in [0.1, 0.15) is 0 Å². The molecule has 2 aromatic heterocycles. The second-order valence-corrected chi connectivity index (χ2v) is 5.63. The highest BCUT2D eigenvalue weighted by molar-refractivity contribution is 5.90. The Morgan fingerprint density at radius 2 is 2.43 bits per heavy atom. The summed E-state index contributed by atoms with van der Waals surface area (Å²) in [5.41, 5.74) is 0.736. The van der Waals surface area contributed by atoms with E-state index in [0.29, 0.717) is 5.88 Å². The molecule has 3 rings (SSSR count). The monoisotopic (exact) mass is 316 g/mol. The van der Waals surface area contributed by atoms with Crippen molar-refractivity contribution in [2.45, 2.75) is 25.8 Å². The fraction of sp³-hybridized carbons (Fsp3) is 0.467. The second kappa shape index (κ2) is 7.19. The molecule has 0 spiro atoms. The third kappa shape index (κ3) is 4.26. The molecule has 1 saturated heterocycles. The summed E-state index contributed by atoms with van der Waals surface area (Å²) in [6.07, 6.45) is 3.75. The SMILES string of the molecule is Cc1cc(NC(=O)CN[C@@H]2CCCN(c3cccnn3)C2)on1. The number of anilines is 2. The van der Waals surface area contributed by atoms with Gasteiger partial charge in [-0.15, -0.1) is 5.10 Å². The molecule has 1 aliphatic rings. The maximum Gasteiger partial charge on any atom is 0.240 e. The van der Waals surface area contributed by atoms with Crippen LogP contribution in [0.15, 0.2) is 28.9 Å². The number of hydrogen-bond acceptors (Lipinski definition) is 7. The van der Waals surface area contributed by atoms with Gasteiger partial charge < -0.3 is 14.7 Å². The van der Waals surface area contributed by atoms with Gasteiger partial charge in [0, 0.05) is 31.4 Å². The molecule has 0 saturated carbocycles. The van der Waals surface area contributed by atoms with Crippen LogP contribution in [0, 0.1) is 6.92 Å². The number of rotatable bonds is 5. The predicted octanol–water partition coefficient (Wildman–Crippen LogP) is 0.970. The molecule has 0 unspecified atom stereocenters. The first-order valence-electron chi connectivity index (χ1n) is 7.70. The summed E-state index contributed by atoms with van der Waals surface area (Å²) in [5.74, 6) is 1.11. The molecule has 3 heterocycles. The van der Waals surface area contributed by atoms with E-state index < -0.39 is 0 Å². The highest BCUT2D eigenvalue weighted by Gasteiger charge is 2.21. The summed E-state index contributed by atoms with van der Waals surface area (Å²) in [5, 5.41) is 17.8. The summed E-state index contributed by atoms with van der Waals surface area (Å²) >= 11 is 0. The highest BCUT2D eigenvalue weighted by atomic mass is 16.5. The molecule has 2 aromatic rings. The van der Waals surface area contributed by atoms with Crippen LogP contribution >= 0.6 is 0 Å². The van der Waals surface area contributed by atoms with Crippen molar-refractivity contribution >= 4 is 17.6 Å². The van der Waals surface area contributed by atoms with Crippen LogP contribution in [0.2, 0.25) is 0 Å². The van der Waals surface area contributed by atoms with E-state index in [1.54, 1.807) is 19.2 Å². The van der Waals surface area contributed by atoms with E-state index >= 15 is 0 Å². The first kappa shape index (κ1) is 15.4. The summed E-state index contributed by atoms with van der Waals surface area (Å²) in [4.78, 5) is 14.1. The lowest BCUT2D eigenvalue weighted by atomic mass is 10.1. The number of aryl methyl sites for hydroxylation is 1. The van der Waals surface area contributed by atoms with Crippen molar-refractivity contribution in [1.29, 1.82) is 0 Å². The molecule has 2 N–H and O–H groups in total. The largest absolute Gasteiger partial charge is 0.354 e. The van der Waals surface area contributed by atoms with E-state index in [1.807, 2.05) is 12.1 Å². The van der Waals surface area contributed by atoms with Gasteiger partial charge in [-0.25, -0.2) is 0 Å². The third-order valence-electron chi connectivity index (χ3n) is 3.75. The number of aromatic nitrogens is 3. The zero-order valence-corrected chi connectivity index (χ0v) is 13.0. The lowest BCUT2D eigenvalue weighted by Gasteiger charge is -2.33. The van der Waals surface area contributed by atoms with E-state index in [4.69, 9.17) is 4.52 Å². The lowest BCUT2D eigenvalue weighted by molar-refractivity contribution is -0.115. The van der Waals surface area contributed by atoms with Gasteiger partial charge in [-0.1, -0.05) is 5.16 Å². The van der Waals surface area contributed by atoms with Crippen molar-refractivity contribution in [3.8, 4) is 0 Å². The fourth-order valence-electron chi connectivity index (χ4n) is 2.66. The molecular formula is C15H20N6O2. The summed E-state index contributed by atoms with van der Waals surface area (Å²) in [7, 11) is 0. The lowest BCUT2D eigenvalue weighted by Crippen LogP contribution is -2.48. The third-order valence-corrected chi connectivity index (χ3v) is 3.75. The Morgan fingerprint density at radius 1 is 1.52 bits per heavy atom. The van der Waals surface area contributed by atoms with Crippen molar-refractivity contribution in [2.75, 3.05) is 29.9 Å². The Hall–Kier alpha value is -2.48. The van der Waals surface area contributed by atoms with Crippen LogP contribution < -0.4 is 15.5 Å². The van der Waals surface area contributed by atoms with Crippen molar-refractivity contribution < 1.29 is 9.32 Å². The molecule has 0 aliphatic carbocycles.